The van der Waals surface area contributed by atoms with E-state index in [-0.39, 0.29) is 33.6 Å². The fourth-order valence-corrected chi connectivity index (χ4v) is 4.04. The average molecular weight is 441 g/mol. The van der Waals surface area contributed by atoms with E-state index < -0.39 is 14.5 Å². The molecule has 1 fully saturated rings. The Morgan fingerprint density at radius 3 is 2.79 bits per heavy atom. The predicted octanol–water partition coefficient (Wildman–Crippen LogP) is 2.75. The maximum absolute atomic E-state index is 11.9. The monoisotopic (exact) mass is 440 g/mol. The van der Waals surface area contributed by atoms with E-state index >= 15 is 0 Å². The number of nitrogens with zero attached hydrogens (tertiary/aromatic N) is 3. The second-order valence-electron chi connectivity index (χ2n) is 8.60. The van der Waals surface area contributed by atoms with E-state index in [0.717, 1.165) is 0 Å². The van der Waals surface area contributed by atoms with Gasteiger partial charge in [0.15, 0.2) is 19.5 Å². The van der Waals surface area contributed by atoms with Gasteiger partial charge < -0.3 is 23.6 Å². The number of hydrogen-bond acceptors (Lipinski definition) is 8. The van der Waals surface area contributed by atoms with Gasteiger partial charge in [0.1, 0.15) is 18.4 Å². The van der Waals surface area contributed by atoms with Gasteiger partial charge in [-0.2, -0.15) is 0 Å². The molecular weight excluding hydrogens is 412 g/mol. The summed E-state index contributed by atoms with van der Waals surface area (Å²) < 4.78 is 25.1. The average Bonchev–Trinajstić information content (AvgIpc) is 3.23. The van der Waals surface area contributed by atoms with Crippen LogP contribution >= 0.6 is 12.2 Å². The summed E-state index contributed by atoms with van der Waals surface area (Å²) in [6.07, 6.45) is 2.30. The van der Waals surface area contributed by atoms with E-state index in [2.05, 4.69) is 48.8 Å². The Balaban J connectivity index is 1.82. The van der Waals surface area contributed by atoms with Gasteiger partial charge in [-0.15, -0.1) is 0 Å². The maximum atomic E-state index is 11.9. The number of aromatic nitrogens is 4. The molecule has 2 aromatic rings. The summed E-state index contributed by atoms with van der Waals surface area (Å²) >= 11 is 5.09. The summed E-state index contributed by atoms with van der Waals surface area (Å²) in [6.45, 7) is 11.3. The molecule has 1 aliphatic rings. The van der Waals surface area contributed by atoms with Crippen molar-refractivity contribution in [3.8, 4) is 0 Å². The maximum Gasteiger partial charge on any atom is 0.352 e. The van der Waals surface area contributed by atoms with Crippen LogP contribution in [0.1, 0.15) is 33.4 Å². The van der Waals surface area contributed by atoms with Crippen molar-refractivity contribution in [1.29, 1.82) is 0 Å². The number of nitrogens with one attached hydrogen (secondary N) is 1. The Bertz CT molecular complexity index is 938. The van der Waals surface area contributed by atoms with Crippen LogP contribution in [0.25, 0.3) is 11.2 Å². The van der Waals surface area contributed by atoms with Crippen LogP contribution in [0.4, 0.5) is 0 Å². The van der Waals surface area contributed by atoms with Crippen molar-refractivity contribution >= 4 is 36.9 Å². The zero-order valence-electron chi connectivity index (χ0n) is 17.6. The van der Waals surface area contributed by atoms with Crippen molar-refractivity contribution in [2.24, 2.45) is 0 Å². The van der Waals surface area contributed by atoms with E-state index in [1.807, 2.05) is 0 Å². The number of imidazole rings is 1. The van der Waals surface area contributed by atoms with Crippen LogP contribution < -0.4 is 5.56 Å². The predicted molar refractivity (Wildman–Crippen MR) is 114 cm³/mol. The lowest BCUT2D eigenvalue weighted by Crippen LogP contribution is -2.44. The Hall–Kier alpha value is -1.82. The van der Waals surface area contributed by atoms with Gasteiger partial charge in [0.2, 0.25) is 0 Å². The summed E-state index contributed by atoms with van der Waals surface area (Å²) in [6, 6.07) is 0. The fraction of sp³-hybridized carbons (Fsp3) is 0.667. The largest absolute Gasteiger partial charge is 0.460 e. The third-order valence-corrected chi connectivity index (χ3v) is 10.4. The Morgan fingerprint density at radius 2 is 2.14 bits per heavy atom. The molecule has 0 amide bonds. The highest BCUT2D eigenvalue weighted by Gasteiger charge is 2.43. The van der Waals surface area contributed by atoms with Gasteiger partial charge in [-0.1, -0.05) is 20.8 Å². The molecule has 9 nitrogen and oxygen atoms in total. The van der Waals surface area contributed by atoms with Gasteiger partial charge in [0, 0.05) is 18.6 Å². The minimum absolute atomic E-state index is 0.0571. The topological polar surface area (TPSA) is 100 Å². The Labute approximate surface area is 175 Å². The minimum atomic E-state index is -1.97. The van der Waals surface area contributed by atoms with Crippen molar-refractivity contribution < 1.29 is 18.6 Å². The summed E-state index contributed by atoms with van der Waals surface area (Å²) in [5.41, 5.74) is 0.428. The molecule has 1 N–H and O–H groups in total. The third kappa shape index (κ3) is 4.52. The van der Waals surface area contributed by atoms with Crippen molar-refractivity contribution in [2.45, 2.75) is 63.8 Å². The molecule has 3 rings (SSSR count). The van der Waals surface area contributed by atoms with Crippen LogP contribution in [0.5, 0.6) is 0 Å². The number of aromatic amines is 1. The van der Waals surface area contributed by atoms with Crippen LogP contribution in [0.2, 0.25) is 18.1 Å². The van der Waals surface area contributed by atoms with E-state index in [4.69, 9.17) is 30.9 Å². The smallest absolute Gasteiger partial charge is 0.352 e. The SMILES string of the molecule is COC(=S)O[C@@H]1C[C@H](n2cnc3c(=O)[nH]cnc32)O[C@H]1CO[Si](C)(C)C(C)(C)C. The Kier molecular flexibility index (Phi) is 6.13. The van der Waals surface area contributed by atoms with Gasteiger partial charge in [-0.05, 0) is 18.1 Å². The van der Waals surface area contributed by atoms with Crippen molar-refractivity contribution in [2.75, 3.05) is 13.7 Å². The summed E-state index contributed by atoms with van der Waals surface area (Å²) in [4.78, 5) is 22.9. The van der Waals surface area contributed by atoms with Crippen LogP contribution in [-0.2, 0) is 18.6 Å². The molecule has 1 aliphatic heterocycles. The van der Waals surface area contributed by atoms with Gasteiger partial charge in [0.25, 0.3) is 5.56 Å². The number of H-pyrrole nitrogens is 1. The quantitative estimate of drug-likeness (QED) is 0.559. The van der Waals surface area contributed by atoms with Crippen LogP contribution in [-0.4, -0.2) is 59.0 Å². The lowest BCUT2D eigenvalue weighted by atomic mass is 10.2. The molecule has 3 atom stereocenters. The molecule has 160 valence electrons. The lowest BCUT2D eigenvalue weighted by molar-refractivity contribution is -0.0411. The molecule has 2 aromatic heterocycles. The zero-order valence-corrected chi connectivity index (χ0v) is 19.4. The van der Waals surface area contributed by atoms with E-state index in [1.54, 1.807) is 10.9 Å². The molecule has 11 heteroatoms. The van der Waals surface area contributed by atoms with Crippen molar-refractivity contribution in [3.63, 3.8) is 0 Å². The first-order chi connectivity index (χ1) is 13.5. The first-order valence-electron chi connectivity index (χ1n) is 9.48. The molecule has 29 heavy (non-hydrogen) atoms. The first-order valence-corrected chi connectivity index (χ1v) is 12.8. The van der Waals surface area contributed by atoms with Crippen molar-refractivity contribution in [1.82, 2.24) is 19.5 Å². The first kappa shape index (κ1) is 21.9. The molecule has 0 aromatic carbocycles. The Morgan fingerprint density at radius 1 is 1.41 bits per heavy atom. The standard InChI is InChI=1S/C18H28N4O5SSi/c1-18(2,3)29(5,6)25-8-12-11(27-17(28)24-4)7-13(26-12)22-10-21-14-15(22)19-9-20-16(14)23/h9-13H,7-8H2,1-6H3,(H,19,20,23)/t11-,12+,13-/m1/s1. The molecule has 0 radical (unpaired) electrons. The molecule has 0 saturated carbocycles. The van der Waals surface area contributed by atoms with Gasteiger partial charge >= 0.3 is 5.24 Å². The number of methoxy groups -OCH3 is 1. The van der Waals surface area contributed by atoms with Crippen LogP contribution in [0.15, 0.2) is 17.4 Å². The molecule has 1 saturated heterocycles. The number of ether oxygens (including phenoxy) is 3. The van der Waals surface area contributed by atoms with Crippen molar-refractivity contribution in [3.05, 3.63) is 23.0 Å². The van der Waals surface area contributed by atoms with E-state index in [0.29, 0.717) is 18.7 Å². The number of hydrogen-bond donors (Lipinski definition) is 1. The zero-order chi connectivity index (χ0) is 21.4. The molecule has 0 spiro atoms. The van der Waals surface area contributed by atoms with E-state index in [9.17, 15) is 4.79 Å². The number of thiocarbonyl (C=S) groups is 1. The summed E-state index contributed by atoms with van der Waals surface area (Å²) in [5.74, 6) is 0. The normalized spacial score (nSPS) is 22.8. The highest BCUT2D eigenvalue weighted by atomic mass is 32.1. The summed E-state index contributed by atoms with van der Waals surface area (Å²) in [5, 5.41) is 0.135. The fourth-order valence-electron chi connectivity index (χ4n) is 2.90. The highest BCUT2D eigenvalue weighted by molar-refractivity contribution is 7.79. The molecule has 0 aliphatic carbocycles. The molecule has 3 heterocycles. The van der Waals surface area contributed by atoms with Gasteiger partial charge in [0.05, 0.1) is 26.4 Å². The third-order valence-electron chi connectivity index (χ3n) is 5.68. The van der Waals surface area contributed by atoms with Crippen LogP contribution in [0, 0.1) is 0 Å². The lowest BCUT2D eigenvalue weighted by Gasteiger charge is -2.37. The van der Waals surface area contributed by atoms with Gasteiger partial charge in [-0.3, -0.25) is 9.36 Å². The second kappa shape index (κ2) is 8.13. The highest BCUT2D eigenvalue weighted by Crippen LogP contribution is 2.38. The molecule has 0 bridgehead atoms. The van der Waals surface area contributed by atoms with Gasteiger partial charge in [-0.25, -0.2) is 9.97 Å². The number of rotatable bonds is 5. The van der Waals surface area contributed by atoms with E-state index in [1.165, 1.54) is 13.4 Å². The molecular formula is C18H28N4O5SSi. The minimum Gasteiger partial charge on any atom is -0.460 e. The second-order valence-corrected chi connectivity index (χ2v) is 13.7. The molecule has 0 unspecified atom stereocenters. The van der Waals surface area contributed by atoms with Crippen LogP contribution in [0.3, 0.4) is 0 Å². The summed E-state index contributed by atoms with van der Waals surface area (Å²) in [7, 11) is -0.498. The number of fused-ring (bicyclic) bond motifs is 1.